The van der Waals surface area contributed by atoms with Crippen molar-refractivity contribution in [3.63, 3.8) is 0 Å². The maximum absolute atomic E-state index is 12.9. The number of thiophene rings is 1. The Bertz CT molecular complexity index is 767. The van der Waals surface area contributed by atoms with Crippen LogP contribution < -0.4 is 4.90 Å². The lowest BCUT2D eigenvalue weighted by Crippen LogP contribution is -2.52. The van der Waals surface area contributed by atoms with Crippen LogP contribution in [0.3, 0.4) is 0 Å². The third-order valence-corrected chi connectivity index (χ3v) is 6.15. The van der Waals surface area contributed by atoms with Crippen LogP contribution in [0.25, 0.3) is 0 Å². The maximum atomic E-state index is 12.9. The lowest BCUT2D eigenvalue weighted by Gasteiger charge is -2.38. The van der Waals surface area contributed by atoms with Crippen LogP contribution in [0.1, 0.15) is 22.5 Å². The second kappa shape index (κ2) is 8.04. The minimum absolute atomic E-state index is 0.0249. The Morgan fingerprint density at radius 3 is 2.26 bits per heavy atom. The van der Waals surface area contributed by atoms with E-state index in [1.807, 2.05) is 27.3 Å². The fourth-order valence-corrected chi connectivity index (χ4v) is 4.42. The molecule has 142 valence electrons. The summed E-state index contributed by atoms with van der Waals surface area (Å²) in [6, 6.07) is 5.56. The Morgan fingerprint density at radius 2 is 1.63 bits per heavy atom. The first-order chi connectivity index (χ1) is 13.2. The van der Waals surface area contributed by atoms with Crippen LogP contribution >= 0.6 is 11.3 Å². The third-order valence-electron chi connectivity index (χ3n) is 5.29. The van der Waals surface area contributed by atoms with E-state index in [1.165, 1.54) is 11.3 Å². The van der Waals surface area contributed by atoms with Gasteiger partial charge in [-0.05, 0) is 30.4 Å². The molecule has 2 aromatic rings. The number of hydrogen-bond donors (Lipinski definition) is 0. The van der Waals surface area contributed by atoms with E-state index in [0.717, 1.165) is 36.8 Å². The summed E-state index contributed by atoms with van der Waals surface area (Å²) in [6.07, 6.45) is 4.98. The second-order valence-electron chi connectivity index (χ2n) is 6.90. The quantitative estimate of drug-likeness (QED) is 0.805. The average molecular weight is 385 g/mol. The monoisotopic (exact) mass is 385 g/mol. The van der Waals surface area contributed by atoms with Gasteiger partial charge in [0.1, 0.15) is 0 Å². The van der Waals surface area contributed by atoms with Gasteiger partial charge in [0, 0.05) is 57.6 Å². The first-order valence-corrected chi connectivity index (χ1v) is 10.2. The lowest BCUT2D eigenvalue weighted by atomic mass is 9.95. The molecule has 4 heterocycles. The van der Waals surface area contributed by atoms with E-state index in [0.29, 0.717) is 26.2 Å². The minimum Gasteiger partial charge on any atom is -0.339 e. The minimum atomic E-state index is 0.0249. The Kier molecular flexibility index (Phi) is 5.33. The van der Waals surface area contributed by atoms with E-state index in [4.69, 9.17) is 0 Å². The Balaban J connectivity index is 1.27. The Labute approximate surface area is 162 Å². The maximum Gasteiger partial charge on any atom is 0.263 e. The number of piperidine rings is 1. The molecule has 2 aromatic heterocycles. The van der Waals surface area contributed by atoms with E-state index in [2.05, 4.69) is 14.9 Å². The van der Waals surface area contributed by atoms with Gasteiger partial charge in [-0.3, -0.25) is 9.59 Å². The summed E-state index contributed by atoms with van der Waals surface area (Å²) >= 11 is 1.47. The van der Waals surface area contributed by atoms with E-state index in [9.17, 15) is 9.59 Å². The van der Waals surface area contributed by atoms with Crippen molar-refractivity contribution in [1.29, 1.82) is 0 Å². The van der Waals surface area contributed by atoms with Crippen molar-refractivity contribution in [1.82, 2.24) is 19.8 Å². The van der Waals surface area contributed by atoms with Crippen LogP contribution in [0.4, 0.5) is 5.95 Å². The highest BCUT2D eigenvalue weighted by Gasteiger charge is 2.32. The van der Waals surface area contributed by atoms with Crippen molar-refractivity contribution in [2.45, 2.75) is 12.8 Å². The fraction of sp³-hybridized carbons (Fsp3) is 0.474. The number of aromatic nitrogens is 2. The summed E-state index contributed by atoms with van der Waals surface area (Å²) in [6.45, 7) is 4.23. The van der Waals surface area contributed by atoms with E-state index < -0.39 is 0 Å². The number of piperazine rings is 1. The zero-order valence-electron chi connectivity index (χ0n) is 15.2. The summed E-state index contributed by atoms with van der Waals surface area (Å²) in [4.78, 5) is 40.6. The smallest absolute Gasteiger partial charge is 0.263 e. The van der Waals surface area contributed by atoms with Crippen molar-refractivity contribution in [3.05, 3.63) is 40.8 Å². The molecule has 0 aromatic carbocycles. The first-order valence-electron chi connectivity index (χ1n) is 9.36. The molecule has 2 saturated heterocycles. The van der Waals surface area contributed by atoms with E-state index in [1.54, 1.807) is 18.5 Å². The summed E-state index contributed by atoms with van der Waals surface area (Å²) in [5, 5.41) is 1.92. The Hall–Kier alpha value is -2.48. The summed E-state index contributed by atoms with van der Waals surface area (Å²) in [5.74, 6) is 1.07. The van der Waals surface area contributed by atoms with Crippen LogP contribution in [0.2, 0.25) is 0 Å². The molecule has 2 aliphatic heterocycles. The van der Waals surface area contributed by atoms with Gasteiger partial charge in [-0.15, -0.1) is 11.3 Å². The standard InChI is InChI=1S/C19H23N5O2S/c25-17(23-10-12-24(13-11-23)19-20-6-2-7-21-19)15-4-8-22(9-5-15)18(26)16-3-1-14-27-16/h1-3,6-7,14-15H,4-5,8-13H2. The van der Waals surface area contributed by atoms with Gasteiger partial charge in [0.05, 0.1) is 4.88 Å². The topological polar surface area (TPSA) is 69.6 Å². The molecule has 2 amide bonds. The van der Waals surface area contributed by atoms with Gasteiger partial charge in [0.15, 0.2) is 0 Å². The molecule has 0 saturated carbocycles. The van der Waals surface area contributed by atoms with Crippen molar-refractivity contribution >= 4 is 29.1 Å². The van der Waals surface area contributed by atoms with E-state index in [-0.39, 0.29) is 17.7 Å². The van der Waals surface area contributed by atoms with Crippen molar-refractivity contribution in [2.75, 3.05) is 44.2 Å². The average Bonchev–Trinajstić information content (AvgIpc) is 3.28. The van der Waals surface area contributed by atoms with Gasteiger partial charge >= 0.3 is 0 Å². The van der Waals surface area contributed by atoms with Crippen LogP contribution in [-0.4, -0.2) is 70.9 Å². The molecule has 0 N–H and O–H groups in total. The number of carbonyl (C=O) groups excluding carboxylic acids is 2. The molecule has 8 heteroatoms. The van der Waals surface area contributed by atoms with Gasteiger partial charge in [-0.25, -0.2) is 9.97 Å². The third kappa shape index (κ3) is 3.95. The molecule has 0 spiro atoms. The first kappa shape index (κ1) is 17.9. The van der Waals surface area contributed by atoms with Crippen molar-refractivity contribution < 1.29 is 9.59 Å². The molecule has 4 rings (SSSR count). The predicted molar refractivity (Wildman–Crippen MR) is 104 cm³/mol. The molecule has 0 bridgehead atoms. The molecule has 0 atom stereocenters. The van der Waals surface area contributed by atoms with Crippen molar-refractivity contribution in [3.8, 4) is 0 Å². The van der Waals surface area contributed by atoms with Gasteiger partial charge in [-0.1, -0.05) is 6.07 Å². The van der Waals surface area contributed by atoms with Gasteiger partial charge in [-0.2, -0.15) is 0 Å². The summed E-state index contributed by atoms with van der Waals surface area (Å²) in [7, 11) is 0. The molecule has 0 radical (unpaired) electrons. The zero-order chi connectivity index (χ0) is 18.6. The normalized spacial score (nSPS) is 18.6. The van der Waals surface area contributed by atoms with Crippen LogP contribution in [0, 0.1) is 5.92 Å². The lowest BCUT2D eigenvalue weighted by molar-refractivity contribution is -0.137. The molecular formula is C19H23N5O2S. The summed E-state index contributed by atoms with van der Waals surface area (Å²) < 4.78 is 0. The molecule has 2 fully saturated rings. The number of likely N-dealkylation sites (tertiary alicyclic amines) is 1. The molecule has 0 aliphatic carbocycles. The van der Waals surface area contributed by atoms with Crippen molar-refractivity contribution in [2.24, 2.45) is 5.92 Å². The highest BCUT2D eigenvalue weighted by atomic mass is 32.1. The fourth-order valence-electron chi connectivity index (χ4n) is 3.73. The van der Waals surface area contributed by atoms with Gasteiger partial charge < -0.3 is 14.7 Å². The van der Waals surface area contributed by atoms with Crippen LogP contribution in [0.5, 0.6) is 0 Å². The number of anilines is 1. The number of nitrogens with zero attached hydrogens (tertiary/aromatic N) is 5. The molecule has 0 unspecified atom stereocenters. The molecule has 2 aliphatic rings. The highest BCUT2D eigenvalue weighted by molar-refractivity contribution is 7.12. The summed E-state index contributed by atoms with van der Waals surface area (Å²) in [5.41, 5.74) is 0. The van der Waals surface area contributed by atoms with E-state index >= 15 is 0 Å². The zero-order valence-corrected chi connectivity index (χ0v) is 16.0. The molecular weight excluding hydrogens is 362 g/mol. The molecule has 27 heavy (non-hydrogen) atoms. The largest absolute Gasteiger partial charge is 0.339 e. The number of carbonyl (C=O) groups is 2. The van der Waals surface area contributed by atoms with Gasteiger partial charge in [0.25, 0.3) is 5.91 Å². The van der Waals surface area contributed by atoms with Crippen LogP contribution in [0.15, 0.2) is 36.0 Å². The van der Waals surface area contributed by atoms with Gasteiger partial charge in [0.2, 0.25) is 11.9 Å². The SMILES string of the molecule is O=C(c1cccs1)N1CCC(C(=O)N2CCN(c3ncccn3)CC2)CC1. The predicted octanol–water partition coefficient (Wildman–Crippen LogP) is 1.74. The highest BCUT2D eigenvalue weighted by Crippen LogP contribution is 2.23. The van der Waals surface area contributed by atoms with Crippen LogP contribution in [-0.2, 0) is 4.79 Å². The number of hydrogen-bond acceptors (Lipinski definition) is 6. The second-order valence-corrected chi connectivity index (χ2v) is 7.85. The molecule has 7 nitrogen and oxygen atoms in total. The number of amides is 2. The number of rotatable bonds is 3. The Morgan fingerprint density at radius 1 is 0.926 bits per heavy atom.